The summed E-state index contributed by atoms with van der Waals surface area (Å²) in [7, 11) is 0. The molecule has 0 unspecified atom stereocenters. The summed E-state index contributed by atoms with van der Waals surface area (Å²) >= 11 is 7.52. The van der Waals surface area contributed by atoms with Gasteiger partial charge in [0, 0.05) is 17.1 Å². The first-order chi connectivity index (χ1) is 11.1. The molecule has 0 heterocycles. The van der Waals surface area contributed by atoms with Crippen LogP contribution in [0, 0.1) is 6.92 Å². The Labute approximate surface area is 144 Å². The quantitative estimate of drug-likeness (QED) is 0.641. The van der Waals surface area contributed by atoms with Gasteiger partial charge in [0.1, 0.15) is 0 Å². The highest BCUT2D eigenvalue weighted by Crippen LogP contribution is 2.19. The maximum atomic E-state index is 11.9. The number of hydrogen-bond donors (Lipinski definition) is 2. The first-order valence-electron chi connectivity index (χ1n) is 7.09. The summed E-state index contributed by atoms with van der Waals surface area (Å²) in [5, 5.41) is 0.342. The zero-order valence-corrected chi connectivity index (χ0v) is 14.2. The second-order valence-electron chi connectivity index (χ2n) is 4.89. The van der Waals surface area contributed by atoms with Crippen molar-refractivity contribution in [3.05, 3.63) is 64.7 Å². The predicted octanol–water partition coefficient (Wildman–Crippen LogP) is 3.59. The number of hydrogen-bond acceptors (Lipinski definition) is 3. The Hall–Kier alpha value is -1.98. The molecule has 2 N–H and O–H groups in total. The van der Waals surface area contributed by atoms with Crippen molar-refractivity contribution >= 4 is 35.2 Å². The van der Waals surface area contributed by atoms with Gasteiger partial charge in [-0.25, -0.2) is 0 Å². The van der Waals surface area contributed by atoms with E-state index in [1.165, 1.54) is 5.56 Å². The molecule has 0 saturated heterocycles. The molecule has 2 aromatic carbocycles. The van der Waals surface area contributed by atoms with Crippen LogP contribution in [0.2, 0.25) is 5.02 Å². The minimum absolute atomic E-state index is 0.245. The molecular formula is C17H17ClN2O2S. The van der Waals surface area contributed by atoms with E-state index in [0.29, 0.717) is 22.8 Å². The second-order valence-corrected chi connectivity index (χ2v) is 6.47. The van der Waals surface area contributed by atoms with Gasteiger partial charge < -0.3 is 0 Å². The van der Waals surface area contributed by atoms with Crippen molar-refractivity contribution in [2.75, 3.05) is 5.75 Å². The molecule has 0 spiro atoms. The van der Waals surface area contributed by atoms with E-state index >= 15 is 0 Å². The predicted molar refractivity (Wildman–Crippen MR) is 93.6 cm³/mol. The van der Waals surface area contributed by atoms with Crippen LogP contribution in [0.25, 0.3) is 0 Å². The van der Waals surface area contributed by atoms with E-state index in [1.807, 2.05) is 31.2 Å². The first-order valence-corrected chi connectivity index (χ1v) is 8.46. The van der Waals surface area contributed by atoms with E-state index in [4.69, 9.17) is 11.6 Å². The topological polar surface area (TPSA) is 58.2 Å². The van der Waals surface area contributed by atoms with Crippen molar-refractivity contribution in [3.63, 3.8) is 0 Å². The molecule has 120 valence electrons. The average Bonchev–Trinajstić information content (AvgIpc) is 2.55. The Morgan fingerprint density at radius 1 is 1.04 bits per heavy atom. The van der Waals surface area contributed by atoms with Crippen molar-refractivity contribution in [1.82, 2.24) is 10.9 Å². The minimum atomic E-state index is -0.435. The lowest BCUT2D eigenvalue weighted by molar-refractivity contribution is -0.121. The molecule has 0 bridgehead atoms. The van der Waals surface area contributed by atoms with E-state index in [0.717, 1.165) is 4.90 Å². The fraction of sp³-hybridized carbons (Fsp3) is 0.176. The van der Waals surface area contributed by atoms with Crippen molar-refractivity contribution < 1.29 is 9.59 Å². The van der Waals surface area contributed by atoms with Crippen LogP contribution in [0.1, 0.15) is 22.3 Å². The van der Waals surface area contributed by atoms with Crippen LogP contribution in [-0.2, 0) is 4.79 Å². The molecule has 2 aromatic rings. The van der Waals surface area contributed by atoms with Crippen LogP contribution in [0.4, 0.5) is 0 Å². The third kappa shape index (κ3) is 5.62. The molecule has 23 heavy (non-hydrogen) atoms. The van der Waals surface area contributed by atoms with E-state index in [2.05, 4.69) is 10.9 Å². The zero-order valence-electron chi connectivity index (χ0n) is 12.6. The Kier molecular flexibility index (Phi) is 6.50. The standard InChI is InChI=1S/C17H17ClN2O2S/c1-12-6-8-13(9-7-12)23-11-10-16(21)19-20-17(22)14-4-2-3-5-15(14)18/h2-9H,10-11H2,1H3,(H,19,21)(H,20,22). The highest BCUT2D eigenvalue weighted by atomic mass is 35.5. The van der Waals surface area contributed by atoms with Gasteiger partial charge in [0.25, 0.3) is 5.91 Å². The number of carbonyl (C=O) groups excluding carboxylic acids is 2. The molecule has 0 aliphatic rings. The molecule has 0 aromatic heterocycles. The molecule has 0 aliphatic carbocycles. The van der Waals surface area contributed by atoms with Gasteiger partial charge in [-0.2, -0.15) is 0 Å². The van der Waals surface area contributed by atoms with Crippen LogP contribution in [0.3, 0.4) is 0 Å². The van der Waals surface area contributed by atoms with Gasteiger partial charge >= 0.3 is 0 Å². The summed E-state index contributed by atoms with van der Waals surface area (Å²) in [4.78, 5) is 24.7. The lowest BCUT2D eigenvalue weighted by atomic mass is 10.2. The van der Waals surface area contributed by atoms with E-state index in [9.17, 15) is 9.59 Å². The second kappa shape index (κ2) is 8.60. The lowest BCUT2D eigenvalue weighted by Crippen LogP contribution is -2.41. The van der Waals surface area contributed by atoms with Gasteiger partial charge in [-0.15, -0.1) is 11.8 Å². The van der Waals surface area contributed by atoms with Gasteiger partial charge in [0.05, 0.1) is 10.6 Å². The number of thioether (sulfide) groups is 1. The molecule has 0 saturated carbocycles. The average molecular weight is 349 g/mol. The maximum Gasteiger partial charge on any atom is 0.271 e. The Balaban J connectivity index is 1.72. The molecule has 0 aliphatic heterocycles. The Morgan fingerprint density at radius 3 is 2.43 bits per heavy atom. The van der Waals surface area contributed by atoms with Crippen LogP contribution in [0.15, 0.2) is 53.4 Å². The number of hydrazine groups is 1. The van der Waals surface area contributed by atoms with Crippen molar-refractivity contribution in [1.29, 1.82) is 0 Å². The summed E-state index contributed by atoms with van der Waals surface area (Å²) in [5.41, 5.74) is 6.28. The SMILES string of the molecule is Cc1ccc(SCCC(=O)NNC(=O)c2ccccc2Cl)cc1. The van der Waals surface area contributed by atoms with Gasteiger partial charge in [0.15, 0.2) is 0 Å². The molecule has 6 heteroatoms. The number of amides is 2. The van der Waals surface area contributed by atoms with Crippen LogP contribution in [-0.4, -0.2) is 17.6 Å². The minimum Gasteiger partial charge on any atom is -0.273 e. The highest BCUT2D eigenvalue weighted by Gasteiger charge is 2.10. The molecule has 2 amide bonds. The van der Waals surface area contributed by atoms with E-state index in [-0.39, 0.29) is 5.91 Å². The smallest absolute Gasteiger partial charge is 0.271 e. The van der Waals surface area contributed by atoms with E-state index < -0.39 is 5.91 Å². The zero-order chi connectivity index (χ0) is 16.7. The van der Waals surface area contributed by atoms with Gasteiger partial charge in [0.2, 0.25) is 5.91 Å². The number of nitrogens with one attached hydrogen (secondary N) is 2. The number of halogens is 1. The monoisotopic (exact) mass is 348 g/mol. The fourth-order valence-electron chi connectivity index (χ4n) is 1.80. The molecule has 0 atom stereocenters. The van der Waals surface area contributed by atoms with Crippen molar-refractivity contribution in [2.24, 2.45) is 0 Å². The number of rotatable bonds is 5. The molecule has 0 radical (unpaired) electrons. The summed E-state index contributed by atoms with van der Waals surface area (Å²) in [6.07, 6.45) is 0.307. The summed E-state index contributed by atoms with van der Waals surface area (Å²) < 4.78 is 0. The van der Waals surface area contributed by atoms with Crippen molar-refractivity contribution in [2.45, 2.75) is 18.2 Å². The van der Waals surface area contributed by atoms with Gasteiger partial charge in [-0.05, 0) is 31.2 Å². The maximum absolute atomic E-state index is 11.9. The normalized spacial score (nSPS) is 10.2. The summed E-state index contributed by atoms with van der Waals surface area (Å²) in [6.45, 7) is 2.03. The highest BCUT2D eigenvalue weighted by molar-refractivity contribution is 7.99. The first kappa shape index (κ1) is 17.4. The third-order valence-electron chi connectivity index (χ3n) is 3.05. The molecule has 2 rings (SSSR count). The Bertz CT molecular complexity index is 689. The largest absolute Gasteiger partial charge is 0.273 e. The van der Waals surface area contributed by atoms with Gasteiger partial charge in [-0.3, -0.25) is 20.4 Å². The fourth-order valence-corrected chi connectivity index (χ4v) is 2.87. The van der Waals surface area contributed by atoms with Crippen LogP contribution < -0.4 is 10.9 Å². The number of benzene rings is 2. The lowest BCUT2D eigenvalue weighted by Gasteiger charge is -2.08. The van der Waals surface area contributed by atoms with Crippen LogP contribution in [0.5, 0.6) is 0 Å². The summed E-state index contributed by atoms with van der Waals surface area (Å²) in [5.74, 6) is -0.0446. The molecular weight excluding hydrogens is 332 g/mol. The van der Waals surface area contributed by atoms with Crippen LogP contribution >= 0.6 is 23.4 Å². The third-order valence-corrected chi connectivity index (χ3v) is 4.40. The van der Waals surface area contributed by atoms with Gasteiger partial charge in [-0.1, -0.05) is 41.4 Å². The summed E-state index contributed by atoms with van der Waals surface area (Å²) in [6, 6.07) is 14.8. The van der Waals surface area contributed by atoms with E-state index in [1.54, 1.807) is 36.0 Å². The Morgan fingerprint density at radius 2 is 1.74 bits per heavy atom. The van der Waals surface area contributed by atoms with Crippen molar-refractivity contribution in [3.8, 4) is 0 Å². The number of carbonyl (C=O) groups is 2. The molecule has 0 fully saturated rings. The molecule has 4 nitrogen and oxygen atoms in total. The number of aryl methyl sites for hydroxylation is 1.